The molecule has 1 aliphatic heterocycles. The van der Waals surface area contributed by atoms with E-state index >= 15 is 0 Å². The molecule has 1 saturated heterocycles. The van der Waals surface area contributed by atoms with Crippen LogP contribution in [-0.4, -0.2) is 46.9 Å². The Kier molecular flexibility index (Phi) is 6.48. The number of piperidine rings is 1. The Morgan fingerprint density at radius 2 is 2.10 bits per heavy atom. The van der Waals surface area contributed by atoms with Crippen molar-refractivity contribution < 1.29 is 19.5 Å². The number of hydrogen-bond acceptors (Lipinski definition) is 3. The normalized spacial score (nSPS) is 20.3. The SMILES string of the molecule is CC(=O)N1CCCC(C(=O)NC(C)CCCC(=O)O)C1. The van der Waals surface area contributed by atoms with Crippen molar-refractivity contribution in [2.75, 3.05) is 13.1 Å². The summed E-state index contributed by atoms with van der Waals surface area (Å²) in [6.45, 7) is 4.62. The number of nitrogens with one attached hydrogen (secondary N) is 1. The fourth-order valence-corrected chi connectivity index (χ4v) is 2.47. The molecule has 0 radical (unpaired) electrons. The first-order chi connectivity index (χ1) is 9.40. The van der Waals surface area contributed by atoms with Gasteiger partial charge in [-0.05, 0) is 32.6 Å². The van der Waals surface area contributed by atoms with E-state index in [1.165, 1.54) is 6.92 Å². The van der Waals surface area contributed by atoms with E-state index in [0.29, 0.717) is 19.4 Å². The van der Waals surface area contributed by atoms with Gasteiger partial charge in [0.2, 0.25) is 11.8 Å². The van der Waals surface area contributed by atoms with Gasteiger partial charge in [0.15, 0.2) is 0 Å². The monoisotopic (exact) mass is 284 g/mol. The third kappa shape index (κ3) is 5.59. The summed E-state index contributed by atoms with van der Waals surface area (Å²) in [6.07, 6.45) is 2.99. The van der Waals surface area contributed by atoms with Crippen LogP contribution in [0.3, 0.4) is 0 Å². The second kappa shape index (κ2) is 7.87. The number of likely N-dealkylation sites (tertiary alicyclic amines) is 1. The van der Waals surface area contributed by atoms with Crippen molar-refractivity contribution in [1.82, 2.24) is 10.2 Å². The Labute approximate surface area is 119 Å². The first kappa shape index (κ1) is 16.5. The van der Waals surface area contributed by atoms with Gasteiger partial charge in [0, 0.05) is 32.5 Å². The number of carboxylic acids is 1. The van der Waals surface area contributed by atoms with Crippen LogP contribution in [0.4, 0.5) is 0 Å². The quantitative estimate of drug-likeness (QED) is 0.762. The minimum atomic E-state index is -0.812. The van der Waals surface area contributed by atoms with E-state index in [9.17, 15) is 14.4 Å². The molecule has 2 amide bonds. The summed E-state index contributed by atoms with van der Waals surface area (Å²) < 4.78 is 0. The van der Waals surface area contributed by atoms with Gasteiger partial charge in [0.25, 0.3) is 0 Å². The van der Waals surface area contributed by atoms with Gasteiger partial charge >= 0.3 is 5.97 Å². The highest BCUT2D eigenvalue weighted by atomic mass is 16.4. The average Bonchev–Trinajstić information content (AvgIpc) is 2.38. The Hall–Kier alpha value is -1.59. The number of nitrogens with zero attached hydrogens (tertiary/aromatic N) is 1. The van der Waals surface area contributed by atoms with Crippen LogP contribution in [0, 0.1) is 5.92 Å². The van der Waals surface area contributed by atoms with Crippen LogP contribution in [0.25, 0.3) is 0 Å². The highest BCUT2D eigenvalue weighted by Crippen LogP contribution is 2.17. The van der Waals surface area contributed by atoms with E-state index in [1.807, 2.05) is 6.92 Å². The lowest BCUT2D eigenvalue weighted by molar-refractivity contribution is -0.137. The van der Waals surface area contributed by atoms with Crippen molar-refractivity contribution in [3.63, 3.8) is 0 Å². The van der Waals surface area contributed by atoms with Crippen molar-refractivity contribution >= 4 is 17.8 Å². The molecule has 0 aromatic carbocycles. The standard InChI is InChI=1S/C14H24N2O4/c1-10(5-3-7-13(18)19)15-14(20)12-6-4-8-16(9-12)11(2)17/h10,12H,3-9H2,1-2H3,(H,15,20)(H,18,19). The Balaban J connectivity index is 2.34. The van der Waals surface area contributed by atoms with E-state index in [2.05, 4.69) is 5.32 Å². The molecule has 0 aromatic rings. The lowest BCUT2D eigenvalue weighted by Gasteiger charge is -2.31. The van der Waals surface area contributed by atoms with Crippen molar-refractivity contribution in [3.8, 4) is 0 Å². The lowest BCUT2D eigenvalue weighted by atomic mass is 9.96. The van der Waals surface area contributed by atoms with Crippen molar-refractivity contribution in [2.45, 2.75) is 52.0 Å². The Bertz CT molecular complexity index is 370. The molecule has 1 fully saturated rings. The number of rotatable bonds is 6. The summed E-state index contributed by atoms with van der Waals surface area (Å²) >= 11 is 0. The Morgan fingerprint density at radius 1 is 1.40 bits per heavy atom. The number of hydrogen-bond donors (Lipinski definition) is 2. The molecule has 0 aliphatic carbocycles. The van der Waals surface area contributed by atoms with Crippen LogP contribution in [0.1, 0.15) is 46.0 Å². The summed E-state index contributed by atoms with van der Waals surface area (Å²) in [7, 11) is 0. The molecule has 0 aromatic heterocycles. The maximum Gasteiger partial charge on any atom is 0.303 e. The number of aliphatic carboxylic acids is 1. The summed E-state index contributed by atoms with van der Waals surface area (Å²) in [5.74, 6) is -0.974. The maximum atomic E-state index is 12.1. The fourth-order valence-electron chi connectivity index (χ4n) is 2.47. The van der Waals surface area contributed by atoms with Crippen LogP contribution in [0.5, 0.6) is 0 Å². The first-order valence-corrected chi connectivity index (χ1v) is 7.18. The maximum absolute atomic E-state index is 12.1. The molecule has 6 nitrogen and oxygen atoms in total. The molecule has 2 N–H and O–H groups in total. The highest BCUT2D eigenvalue weighted by molar-refractivity contribution is 5.80. The van der Waals surface area contributed by atoms with E-state index in [-0.39, 0.29) is 30.2 Å². The third-order valence-electron chi connectivity index (χ3n) is 3.65. The van der Waals surface area contributed by atoms with Gasteiger partial charge < -0.3 is 15.3 Å². The third-order valence-corrected chi connectivity index (χ3v) is 3.65. The second-order valence-electron chi connectivity index (χ2n) is 5.50. The zero-order chi connectivity index (χ0) is 15.1. The highest BCUT2D eigenvalue weighted by Gasteiger charge is 2.27. The van der Waals surface area contributed by atoms with E-state index in [1.54, 1.807) is 4.90 Å². The number of amides is 2. The second-order valence-corrected chi connectivity index (χ2v) is 5.50. The summed E-state index contributed by atoms with van der Waals surface area (Å²) in [4.78, 5) is 35.6. The van der Waals surface area contributed by atoms with Crippen molar-refractivity contribution in [2.24, 2.45) is 5.92 Å². The molecule has 20 heavy (non-hydrogen) atoms. The van der Waals surface area contributed by atoms with Gasteiger partial charge in [-0.2, -0.15) is 0 Å². The number of carbonyl (C=O) groups is 3. The van der Waals surface area contributed by atoms with Gasteiger partial charge in [0.05, 0.1) is 5.92 Å². The molecule has 114 valence electrons. The molecule has 2 unspecified atom stereocenters. The van der Waals surface area contributed by atoms with Gasteiger partial charge in [-0.1, -0.05) is 0 Å². The van der Waals surface area contributed by atoms with Crippen molar-refractivity contribution in [3.05, 3.63) is 0 Å². The molecule has 0 spiro atoms. The van der Waals surface area contributed by atoms with Gasteiger partial charge in [-0.25, -0.2) is 0 Å². The molecule has 1 heterocycles. The summed E-state index contributed by atoms with van der Waals surface area (Å²) in [6, 6.07) is -0.0328. The predicted molar refractivity (Wildman–Crippen MR) is 74.1 cm³/mol. The van der Waals surface area contributed by atoms with Gasteiger partial charge in [-0.3, -0.25) is 14.4 Å². The Morgan fingerprint density at radius 3 is 2.70 bits per heavy atom. The zero-order valence-electron chi connectivity index (χ0n) is 12.2. The average molecular weight is 284 g/mol. The van der Waals surface area contributed by atoms with Crippen LogP contribution in [-0.2, 0) is 14.4 Å². The first-order valence-electron chi connectivity index (χ1n) is 7.18. The lowest BCUT2D eigenvalue weighted by Crippen LogP contribution is -2.46. The summed E-state index contributed by atoms with van der Waals surface area (Å²) in [5.41, 5.74) is 0. The molecule has 0 bridgehead atoms. The molecule has 0 saturated carbocycles. The molecule has 2 atom stereocenters. The minimum Gasteiger partial charge on any atom is -0.481 e. The van der Waals surface area contributed by atoms with Crippen LogP contribution >= 0.6 is 0 Å². The topological polar surface area (TPSA) is 86.7 Å². The minimum absolute atomic E-state index is 0.0111. The number of carboxylic acid groups (broad SMARTS) is 1. The van der Waals surface area contributed by atoms with E-state index < -0.39 is 5.97 Å². The molecule has 1 rings (SSSR count). The zero-order valence-corrected chi connectivity index (χ0v) is 12.2. The number of carbonyl (C=O) groups excluding carboxylic acids is 2. The van der Waals surface area contributed by atoms with Crippen LogP contribution in [0.15, 0.2) is 0 Å². The smallest absolute Gasteiger partial charge is 0.303 e. The molecule has 1 aliphatic rings. The summed E-state index contributed by atoms with van der Waals surface area (Å²) in [5, 5.41) is 11.5. The van der Waals surface area contributed by atoms with Crippen molar-refractivity contribution in [1.29, 1.82) is 0 Å². The largest absolute Gasteiger partial charge is 0.481 e. The van der Waals surface area contributed by atoms with E-state index in [0.717, 1.165) is 19.4 Å². The van der Waals surface area contributed by atoms with Crippen LogP contribution in [0.2, 0.25) is 0 Å². The predicted octanol–water partition coefficient (Wildman–Crippen LogP) is 1.00. The van der Waals surface area contributed by atoms with Gasteiger partial charge in [0.1, 0.15) is 0 Å². The molecule has 6 heteroatoms. The van der Waals surface area contributed by atoms with E-state index in [4.69, 9.17) is 5.11 Å². The van der Waals surface area contributed by atoms with Gasteiger partial charge in [-0.15, -0.1) is 0 Å². The fraction of sp³-hybridized carbons (Fsp3) is 0.786. The molecular weight excluding hydrogens is 260 g/mol. The molecular formula is C14H24N2O4. The van der Waals surface area contributed by atoms with Crippen LogP contribution < -0.4 is 5.32 Å².